The van der Waals surface area contributed by atoms with Crippen LogP contribution in [0.1, 0.15) is 29.3 Å². The molecule has 0 bridgehead atoms. The third-order valence-corrected chi connectivity index (χ3v) is 4.61. The second-order valence-corrected chi connectivity index (χ2v) is 6.34. The van der Waals surface area contributed by atoms with Gasteiger partial charge >= 0.3 is 5.97 Å². The van der Waals surface area contributed by atoms with Crippen LogP contribution < -0.4 is 14.4 Å². The molecule has 1 atom stereocenters. The predicted octanol–water partition coefficient (Wildman–Crippen LogP) is 3.23. The Morgan fingerprint density at radius 1 is 1.07 bits per heavy atom. The van der Waals surface area contributed by atoms with Crippen LogP contribution in [0.4, 0.5) is 5.69 Å². The van der Waals surface area contributed by atoms with Crippen molar-refractivity contribution in [2.24, 2.45) is 0 Å². The molecule has 142 valence electrons. The minimum absolute atomic E-state index is 0.110. The third-order valence-electron chi connectivity index (χ3n) is 4.61. The van der Waals surface area contributed by atoms with E-state index in [1.54, 1.807) is 24.0 Å². The minimum atomic E-state index is -0.700. The van der Waals surface area contributed by atoms with Crippen molar-refractivity contribution in [2.75, 3.05) is 25.7 Å². The van der Waals surface area contributed by atoms with Gasteiger partial charge in [0.25, 0.3) is 5.91 Å². The summed E-state index contributed by atoms with van der Waals surface area (Å²) in [6, 6.07) is 12.7. The molecule has 0 N–H and O–H groups in total. The van der Waals surface area contributed by atoms with E-state index >= 15 is 0 Å². The number of esters is 1. The number of benzene rings is 2. The topological polar surface area (TPSA) is 65.1 Å². The molecule has 6 nitrogen and oxygen atoms in total. The number of para-hydroxylation sites is 1. The molecule has 1 aliphatic rings. The van der Waals surface area contributed by atoms with Gasteiger partial charge in [-0.2, -0.15) is 0 Å². The van der Waals surface area contributed by atoms with Crippen molar-refractivity contribution < 1.29 is 23.8 Å². The summed E-state index contributed by atoms with van der Waals surface area (Å²) in [6.07, 6.45) is 1.19. The van der Waals surface area contributed by atoms with Gasteiger partial charge in [-0.3, -0.25) is 4.79 Å². The van der Waals surface area contributed by atoms with Crippen molar-refractivity contribution in [1.82, 2.24) is 0 Å². The Bertz CT molecular complexity index is 848. The molecule has 1 heterocycles. The molecule has 0 saturated carbocycles. The van der Waals surface area contributed by atoms with Crippen LogP contribution in [0.15, 0.2) is 42.5 Å². The van der Waals surface area contributed by atoms with Crippen LogP contribution in [0.25, 0.3) is 0 Å². The molecule has 3 rings (SSSR count). The third kappa shape index (κ3) is 3.89. The zero-order valence-corrected chi connectivity index (χ0v) is 15.7. The van der Waals surface area contributed by atoms with Gasteiger partial charge in [0, 0.05) is 12.2 Å². The highest BCUT2D eigenvalue weighted by molar-refractivity contribution is 5.97. The molecular weight excluding hydrogens is 346 g/mol. The summed E-state index contributed by atoms with van der Waals surface area (Å²) < 4.78 is 15.9. The SMILES string of the molecule is COC(=O)c1ccc(O[C@H](C)C(=O)N2CCCc3ccccc32)c(OC)c1. The Morgan fingerprint density at radius 2 is 1.85 bits per heavy atom. The number of methoxy groups -OCH3 is 2. The lowest BCUT2D eigenvalue weighted by Gasteiger charge is -2.31. The first-order valence-corrected chi connectivity index (χ1v) is 8.87. The van der Waals surface area contributed by atoms with Crippen LogP contribution in [-0.4, -0.2) is 38.7 Å². The van der Waals surface area contributed by atoms with E-state index < -0.39 is 12.1 Å². The molecule has 0 saturated heterocycles. The first kappa shape index (κ1) is 18.8. The summed E-state index contributed by atoms with van der Waals surface area (Å²) in [4.78, 5) is 26.4. The smallest absolute Gasteiger partial charge is 0.337 e. The number of rotatable bonds is 5. The molecule has 0 unspecified atom stereocenters. The zero-order chi connectivity index (χ0) is 19.4. The second-order valence-electron chi connectivity index (χ2n) is 6.34. The number of nitrogens with zero attached hydrogens (tertiary/aromatic N) is 1. The molecule has 0 fully saturated rings. The normalized spacial score (nSPS) is 14.1. The average molecular weight is 369 g/mol. The molecular formula is C21H23NO5. The molecule has 0 aromatic heterocycles. The van der Waals surface area contributed by atoms with Gasteiger partial charge < -0.3 is 19.1 Å². The molecule has 2 aromatic carbocycles. The molecule has 2 aromatic rings. The van der Waals surface area contributed by atoms with E-state index in [1.165, 1.54) is 25.8 Å². The van der Waals surface area contributed by atoms with Gasteiger partial charge in [-0.15, -0.1) is 0 Å². The standard InChI is InChI=1S/C21H23NO5/c1-14(20(23)22-12-6-8-15-7-4-5-9-17(15)22)27-18-11-10-16(21(24)26-3)13-19(18)25-2/h4-5,7,9-11,13-14H,6,8,12H2,1-3H3/t14-/m1/s1. The number of carbonyl (C=O) groups is 2. The van der Waals surface area contributed by atoms with E-state index in [1.807, 2.05) is 18.2 Å². The Morgan fingerprint density at radius 3 is 2.59 bits per heavy atom. The van der Waals surface area contributed by atoms with Crippen molar-refractivity contribution in [3.8, 4) is 11.5 Å². The first-order chi connectivity index (χ1) is 13.0. The van der Waals surface area contributed by atoms with Crippen molar-refractivity contribution in [1.29, 1.82) is 0 Å². The van der Waals surface area contributed by atoms with E-state index in [-0.39, 0.29) is 5.91 Å². The van der Waals surface area contributed by atoms with E-state index in [9.17, 15) is 9.59 Å². The molecule has 0 radical (unpaired) electrons. The van der Waals surface area contributed by atoms with Crippen molar-refractivity contribution in [2.45, 2.75) is 25.9 Å². The molecule has 27 heavy (non-hydrogen) atoms. The number of hydrogen-bond acceptors (Lipinski definition) is 5. The summed E-state index contributed by atoms with van der Waals surface area (Å²) in [5.74, 6) is 0.197. The summed E-state index contributed by atoms with van der Waals surface area (Å²) >= 11 is 0. The number of hydrogen-bond donors (Lipinski definition) is 0. The summed E-state index contributed by atoms with van der Waals surface area (Å²) in [6.45, 7) is 2.38. The molecule has 6 heteroatoms. The van der Waals surface area contributed by atoms with E-state index in [0.717, 1.165) is 18.5 Å². The lowest BCUT2D eigenvalue weighted by atomic mass is 10.0. The Hall–Kier alpha value is -3.02. The first-order valence-electron chi connectivity index (χ1n) is 8.87. The van der Waals surface area contributed by atoms with Gasteiger partial charge in [0.05, 0.1) is 19.8 Å². The molecule has 0 aliphatic carbocycles. The number of amides is 1. The number of ether oxygens (including phenoxy) is 3. The number of anilines is 1. The van der Waals surface area contributed by atoms with Crippen LogP contribution in [0.5, 0.6) is 11.5 Å². The largest absolute Gasteiger partial charge is 0.493 e. The van der Waals surface area contributed by atoms with E-state index in [0.29, 0.717) is 23.6 Å². The minimum Gasteiger partial charge on any atom is -0.493 e. The van der Waals surface area contributed by atoms with Crippen LogP contribution in [0.3, 0.4) is 0 Å². The molecule has 1 amide bonds. The predicted molar refractivity (Wildman–Crippen MR) is 102 cm³/mol. The maximum atomic E-state index is 13.0. The monoisotopic (exact) mass is 369 g/mol. The fourth-order valence-electron chi connectivity index (χ4n) is 3.23. The van der Waals surface area contributed by atoms with Crippen LogP contribution in [-0.2, 0) is 16.0 Å². The number of carbonyl (C=O) groups excluding carboxylic acids is 2. The van der Waals surface area contributed by atoms with E-state index in [2.05, 4.69) is 6.07 Å². The van der Waals surface area contributed by atoms with Crippen molar-refractivity contribution in [3.63, 3.8) is 0 Å². The maximum Gasteiger partial charge on any atom is 0.337 e. The summed E-state index contributed by atoms with van der Waals surface area (Å²) in [7, 11) is 2.80. The Balaban J connectivity index is 1.78. The Kier molecular flexibility index (Phi) is 5.64. The van der Waals surface area contributed by atoms with Gasteiger partial charge in [0.2, 0.25) is 0 Å². The number of fused-ring (bicyclic) bond motifs is 1. The van der Waals surface area contributed by atoms with Gasteiger partial charge in [-0.25, -0.2) is 4.79 Å². The lowest BCUT2D eigenvalue weighted by molar-refractivity contribution is -0.124. The molecule has 1 aliphatic heterocycles. The average Bonchev–Trinajstić information content (AvgIpc) is 2.72. The van der Waals surface area contributed by atoms with Gasteiger partial charge in [0.1, 0.15) is 0 Å². The fraction of sp³-hybridized carbons (Fsp3) is 0.333. The zero-order valence-electron chi connectivity index (χ0n) is 15.7. The summed E-state index contributed by atoms with van der Waals surface area (Å²) in [5.41, 5.74) is 2.46. The maximum absolute atomic E-state index is 13.0. The number of aryl methyl sites for hydroxylation is 1. The Labute approximate surface area is 158 Å². The highest BCUT2D eigenvalue weighted by Crippen LogP contribution is 2.31. The van der Waals surface area contributed by atoms with Crippen molar-refractivity contribution >= 4 is 17.6 Å². The van der Waals surface area contributed by atoms with E-state index in [4.69, 9.17) is 14.2 Å². The van der Waals surface area contributed by atoms with Crippen molar-refractivity contribution in [3.05, 3.63) is 53.6 Å². The highest BCUT2D eigenvalue weighted by atomic mass is 16.5. The lowest BCUT2D eigenvalue weighted by Crippen LogP contribution is -2.43. The second kappa shape index (κ2) is 8.12. The van der Waals surface area contributed by atoms with Crippen LogP contribution >= 0.6 is 0 Å². The van der Waals surface area contributed by atoms with Crippen LogP contribution in [0.2, 0.25) is 0 Å². The van der Waals surface area contributed by atoms with Crippen LogP contribution in [0, 0.1) is 0 Å². The fourth-order valence-corrected chi connectivity index (χ4v) is 3.23. The highest BCUT2D eigenvalue weighted by Gasteiger charge is 2.28. The molecule has 0 spiro atoms. The van der Waals surface area contributed by atoms with Gasteiger partial charge in [-0.1, -0.05) is 18.2 Å². The van der Waals surface area contributed by atoms with Gasteiger partial charge in [-0.05, 0) is 49.6 Å². The quantitative estimate of drug-likeness (QED) is 0.757. The summed E-state index contributed by atoms with van der Waals surface area (Å²) in [5, 5.41) is 0. The van der Waals surface area contributed by atoms with Gasteiger partial charge in [0.15, 0.2) is 17.6 Å².